The molecule has 1 saturated heterocycles. The lowest BCUT2D eigenvalue weighted by atomic mass is 9.98. The van der Waals surface area contributed by atoms with Gasteiger partial charge in [0.05, 0.1) is 12.1 Å². The van der Waals surface area contributed by atoms with Gasteiger partial charge in [-0.3, -0.25) is 4.79 Å². The van der Waals surface area contributed by atoms with E-state index in [2.05, 4.69) is 5.92 Å². The van der Waals surface area contributed by atoms with Crippen LogP contribution in [0.5, 0.6) is 0 Å². The number of amides is 1. The summed E-state index contributed by atoms with van der Waals surface area (Å²) in [6.07, 6.45) is 7.17. The van der Waals surface area contributed by atoms with Gasteiger partial charge in [0.25, 0.3) is 0 Å². The van der Waals surface area contributed by atoms with Gasteiger partial charge in [-0.1, -0.05) is 19.8 Å². The van der Waals surface area contributed by atoms with E-state index in [4.69, 9.17) is 12.2 Å². The Kier molecular flexibility index (Phi) is 3.54. The van der Waals surface area contributed by atoms with E-state index >= 15 is 0 Å². The summed E-state index contributed by atoms with van der Waals surface area (Å²) < 4.78 is 0. The number of terminal acetylenes is 1. The van der Waals surface area contributed by atoms with Gasteiger partial charge in [-0.2, -0.15) is 0 Å². The maximum atomic E-state index is 11.7. The highest BCUT2D eigenvalue weighted by molar-refractivity contribution is 5.83. The third-order valence-electron chi connectivity index (χ3n) is 2.65. The summed E-state index contributed by atoms with van der Waals surface area (Å²) in [5.74, 6) is 2.97. The first kappa shape index (κ1) is 11.1. The van der Waals surface area contributed by atoms with Gasteiger partial charge in [-0.05, 0) is 18.8 Å². The van der Waals surface area contributed by atoms with Crippen LogP contribution in [0.4, 0.5) is 0 Å². The number of likely N-dealkylation sites (tertiary alicyclic amines) is 1. The second-order valence-electron chi connectivity index (χ2n) is 4.14. The molecule has 1 amide bonds. The maximum absolute atomic E-state index is 11.7. The van der Waals surface area contributed by atoms with Crippen molar-refractivity contribution in [1.29, 1.82) is 0 Å². The Morgan fingerprint density at radius 2 is 2.29 bits per heavy atom. The van der Waals surface area contributed by atoms with E-state index in [1.807, 2.05) is 13.8 Å². The van der Waals surface area contributed by atoms with Crippen LogP contribution in [0, 0.1) is 18.3 Å². The van der Waals surface area contributed by atoms with Crippen LogP contribution in [0.2, 0.25) is 0 Å². The van der Waals surface area contributed by atoms with Crippen molar-refractivity contribution in [3.05, 3.63) is 0 Å². The monoisotopic (exact) mass is 194 g/mol. The zero-order valence-corrected chi connectivity index (χ0v) is 8.86. The molecule has 0 aromatic heterocycles. The predicted molar refractivity (Wildman–Crippen MR) is 56.4 cm³/mol. The molecule has 1 aliphatic heterocycles. The van der Waals surface area contributed by atoms with Crippen molar-refractivity contribution < 1.29 is 4.79 Å². The first-order valence-corrected chi connectivity index (χ1v) is 5.10. The summed E-state index contributed by atoms with van der Waals surface area (Å²) in [6.45, 7) is 4.80. The van der Waals surface area contributed by atoms with Crippen molar-refractivity contribution in [3.63, 3.8) is 0 Å². The first-order chi connectivity index (χ1) is 6.57. The molecule has 2 atom stereocenters. The highest BCUT2D eigenvalue weighted by Gasteiger charge is 2.31. The summed E-state index contributed by atoms with van der Waals surface area (Å²) in [5, 5.41) is 0. The second kappa shape index (κ2) is 4.47. The summed E-state index contributed by atoms with van der Waals surface area (Å²) in [4.78, 5) is 13.5. The second-order valence-corrected chi connectivity index (χ2v) is 4.14. The van der Waals surface area contributed by atoms with Crippen molar-refractivity contribution in [3.8, 4) is 12.3 Å². The van der Waals surface area contributed by atoms with Crippen molar-refractivity contribution >= 4 is 5.91 Å². The molecule has 0 radical (unpaired) electrons. The van der Waals surface area contributed by atoms with E-state index in [-0.39, 0.29) is 23.9 Å². The molecule has 0 spiro atoms. The molecule has 2 unspecified atom stereocenters. The number of carbonyl (C=O) groups excluding carboxylic acids is 1. The fourth-order valence-electron chi connectivity index (χ4n) is 1.85. The Labute approximate surface area is 85.6 Å². The Hall–Kier alpha value is -1.01. The van der Waals surface area contributed by atoms with Crippen LogP contribution in [-0.4, -0.2) is 29.4 Å². The van der Waals surface area contributed by atoms with E-state index in [0.29, 0.717) is 0 Å². The van der Waals surface area contributed by atoms with Gasteiger partial charge in [0, 0.05) is 6.54 Å². The van der Waals surface area contributed by atoms with Crippen molar-refractivity contribution in [2.24, 2.45) is 11.7 Å². The largest absolute Gasteiger partial charge is 0.327 e. The van der Waals surface area contributed by atoms with E-state index < -0.39 is 0 Å². The Morgan fingerprint density at radius 3 is 2.79 bits per heavy atom. The lowest BCUT2D eigenvalue weighted by Crippen LogP contribution is -2.53. The molecule has 0 aromatic rings. The van der Waals surface area contributed by atoms with Crippen LogP contribution in [0.25, 0.3) is 0 Å². The smallest absolute Gasteiger partial charge is 0.240 e. The first-order valence-electron chi connectivity index (χ1n) is 5.10. The lowest BCUT2D eigenvalue weighted by Gasteiger charge is -2.36. The quantitative estimate of drug-likeness (QED) is 0.654. The fourth-order valence-corrected chi connectivity index (χ4v) is 1.85. The lowest BCUT2D eigenvalue weighted by molar-refractivity contribution is -0.137. The third kappa shape index (κ3) is 2.08. The highest BCUT2D eigenvalue weighted by atomic mass is 16.2. The van der Waals surface area contributed by atoms with Crippen molar-refractivity contribution in [2.45, 2.75) is 38.8 Å². The summed E-state index contributed by atoms with van der Waals surface area (Å²) >= 11 is 0. The maximum Gasteiger partial charge on any atom is 0.240 e. The average molecular weight is 194 g/mol. The number of piperidine rings is 1. The molecule has 1 rings (SSSR count). The predicted octanol–water partition coefficient (Wildman–Crippen LogP) is 0.594. The van der Waals surface area contributed by atoms with Crippen LogP contribution in [-0.2, 0) is 4.79 Å². The number of nitrogens with two attached hydrogens (primary N) is 1. The van der Waals surface area contributed by atoms with Crippen LogP contribution in [0.15, 0.2) is 0 Å². The van der Waals surface area contributed by atoms with Gasteiger partial charge >= 0.3 is 0 Å². The van der Waals surface area contributed by atoms with Gasteiger partial charge < -0.3 is 10.6 Å². The van der Waals surface area contributed by atoms with Gasteiger partial charge in [0.2, 0.25) is 5.91 Å². The van der Waals surface area contributed by atoms with E-state index in [1.54, 1.807) is 4.90 Å². The minimum Gasteiger partial charge on any atom is -0.327 e. The topological polar surface area (TPSA) is 46.3 Å². The fraction of sp³-hybridized carbons (Fsp3) is 0.727. The molecule has 0 aromatic carbocycles. The molecular weight excluding hydrogens is 176 g/mol. The van der Waals surface area contributed by atoms with Crippen LogP contribution in [0.3, 0.4) is 0 Å². The number of hydrogen-bond donors (Lipinski definition) is 1. The molecule has 1 aliphatic rings. The number of carbonyl (C=O) groups is 1. The molecule has 2 N–H and O–H groups in total. The van der Waals surface area contributed by atoms with Crippen LogP contribution >= 0.6 is 0 Å². The summed E-state index contributed by atoms with van der Waals surface area (Å²) in [6, 6.07) is -0.452. The average Bonchev–Trinajstić information content (AvgIpc) is 2.13. The molecule has 14 heavy (non-hydrogen) atoms. The van der Waals surface area contributed by atoms with Crippen molar-refractivity contribution in [2.75, 3.05) is 6.54 Å². The highest BCUT2D eigenvalue weighted by Crippen LogP contribution is 2.17. The zero-order valence-electron chi connectivity index (χ0n) is 8.86. The molecule has 3 nitrogen and oxygen atoms in total. The Morgan fingerprint density at radius 1 is 1.64 bits per heavy atom. The Bertz CT molecular complexity index is 255. The molecule has 0 saturated carbocycles. The minimum atomic E-state index is -0.349. The van der Waals surface area contributed by atoms with Gasteiger partial charge in [-0.25, -0.2) is 0 Å². The molecule has 0 aliphatic carbocycles. The minimum absolute atomic E-state index is 0.00731. The number of nitrogens with zero attached hydrogens (tertiary/aromatic N) is 1. The molecule has 1 fully saturated rings. The normalized spacial score (nSPS) is 24.9. The standard InChI is InChI=1S/C11H18N2O/c1-4-10(8(2)3)13-7-5-6-9(12)11(13)14/h1,8-10H,5-7,12H2,2-3H3. The molecule has 78 valence electrons. The van der Waals surface area contributed by atoms with Crippen LogP contribution < -0.4 is 5.73 Å². The molecule has 3 heteroatoms. The van der Waals surface area contributed by atoms with E-state index in [9.17, 15) is 4.79 Å². The summed E-state index contributed by atoms with van der Waals surface area (Å²) in [5.41, 5.74) is 5.70. The molecule has 1 heterocycles. The van der Waals surface area contributed by atoms with E-state index in [0.717, 1.165) is 19.4 Å². The zero-order chi connectivity index (χ0) is 10.7. The van der Waals surface area contributed by atoms with Gasteiger partial charge in [0.15, 0.2) is 0 Å². The third-order valence-corrected chi connectivity index (χ3v) is 2.65. The molecular formula is C11H18N2O. The summed E-state index contributed by atoms with van der Waals surface area (Å²) in [7, 11) is 0. The van der Waals surface area contributed by atoms with Crippen LogP contribution in [0.1, 0.15) is 26.7 Å². The SMILES string of the molecule is C#CC(C(C)C)N1CCCC(N)C1=O. The van der Waals surface area contributed by atoms with Crippen molar-refractivity contribution in [1.82, 2.24) is 4.90 Å². The number of hydrogen-bond acceptors (Lipinski definition) is 2. The van der Waals surface area contributed by atoms with E-state index in [1.165, 1.54) is 0 Å². The number of rotatable bonds is 2. The van der Waals surface area contributed by atoms with Gasteiger partial charge in [-0.15, -0.1) is 6.42 Å². The molecule has 0 bridgehead atoms. The Balaban J connectivity index is 2.75. The van der Waals surface area contributed by atoms with Gasteiger partial charge in [0.1, 0.15) is 0 Å².